The summed E-state index contributed by atoms with van der Waals surface area (Å²) >= 11 is 0. The van der Waals surface area contributed by atoms with Gasteiger partial charge in [-0.1, -0.05) is 0 Å². The molecule has 1 aromatic heterocycles. The van der Waals surface area contributed by atoms with Crippen molar-refractivity contribution in [2.45, 2.75) is 6.43 Å². The summed E-state index contributed by atoms with van der Waals surface area (Å²) in [5.41, 5.74) is -2.49. The van der Waals surface area contributed by atoms with Crippen molar-refractivity contribution < 1.29 is 18.7 Å². The monoisotopic (exact) mass is 189 g/mol. The molecule has 0 aliphatic rings. The highest BCUT2D eigenvalue weighted by molar-refractivity contribution is 5.75. The number of aromatic hydroxyl groups is 1. The lowest BCUT2D eigenvalue weighted by Gasteiger charge is -2.00. The average molecular weight is 189 g/mol. The van der Waals surface area contributed by atoms with Gasteiger partial charge in [-0.25, -0.2) is 8.78 Å². The molecule has 4 nitrogen and oxygen atoms in total. The number of nitrogens with one attached hydrogen (secondary N) is 1. The Labute approximate surface area is 70.8 Å². The van der Waals surface area contributed by atoms with Crippen LogP contribution in [0.15, 0.2) is 11.0 Å². The number of hydrogen-bond donors (Lipinski definition) is 2. The first-order valence-electron chi connectivity index (χ1n) is 3.25. The summed E-state index contributed by atoms with van der Waals surface area (Å²) in [6.45, 7) is 0. The molecule has 13 heavy (non-hydrogen) atoms. The first-order chi connectivity index (χ1) is 6.07. The van der Waals surface area contributed by atoms with Crippen LogP contribution in [0.4, 0.5) is 8.78 Å². The number of carbonyl (C=O) groups is 1. The molecule has 0 atom stereocenters. The fraction of sp³-hybridized carbons (Fsp3) is 0.143. The Morgan fingerprint density at radius 1 is 1.54 bits per heavy atom. The van der Waals surface area contributed by atoms with Crippen molar-refractivity contribution in [3.05, 3.63) is 27.7 Å². The molecule has 0 fully saturated rings. The second-order valence-corrected chi connectivity index (χ2v) is 2.25. The number of carbonyl (C=O) groups excluding carboxylic acids is 1. The normalized spacial score (nSPS) is 10.4. The Morgan fingerprint density at radius 2 is 2.15 bits per heavy atom. The Bertz CT molecular complexity index is 386. The molecular weight excluding hydrogens is 184 g/mol. The van der Waals surface area contributed by atoms with E-state index in [0.717, 1.165) is 0 Å². The summed E-state index contributed by atoms with van der Waals surface area (Å²) in [4.78, 5) is 23.1. The first-order valence-corrected chi connectivity index (χ1v) is 3.25. The van der Waals surface area contributed by atoms with E-state index >= 15 is 0 Å². The number of halogens is 2. The number of alkyl halides is 2. The van der Waals surface area contributed by atoms with E-state index in [1.54, 1.807) is 0 Å². The minimum absolute atomic E-state index is 0.173. The van der Waals surface area contributed by atoms with E-state index in [2.05, 4.69) is 4.98 Å². The Hall–Kier alpha value is -1.72. The summed E-state index contributed by atoms with van der Waals surface area (Å²) in [5, 5.41) is 8.92. The van der Waals surface area contributed by atoms with Crippen molar-refractivity contribution in [2.75, 3.05) is 0 Å². The van der Waals surface area contributed by atoms with Crippen molar-refractivity contribution in [3.63, 3.8) is 0 Å². The lowest BCUT2D eigenvalue weighted by atomic mass is 10.2. The number of aromatic nitrogens is 1. The zero-order chi connectivity index (χ0) is 10.0. The maximum Gasteiger partial charge on any atom is 0.269 e. The number of aromatic amines is 1. The van der Waals surface area contributed by atoms with Gasteiger partial charge in [0.1, 0.15) is 5.69 Å². The minimum Gasteiger partial charge on any atom is -0.503 e. The third kappa shape index (κ3) is 1.56. The quantitative estimate of drug-likeness (QED) is 0.677. The zero-order valence-electron chi connectivity index (χ0n) is 6.25. The van der Waals surface area contributed by atoms with Gasteiger partial charge in [0, 0.05) is 6.20 Å². The van der Waals surface area contributed by atoms with Crippen LogP contribution in [0.2, 0.25) is 0 Å². The fourth-order valence-electron chi connectivity index (χ4n) is 0.800. The third-order valence-electron chi connectivity index (χ3n) is 1.47. The smallest absolute Gasteiger partial charge is 0.269 e. The van der Waals surface area contributed by atoms with E-state index < -0.39 is 28.9 Å². The van der Waals surface area contributed by atoms with Gasteiger partial charge in [0.15, 0.2) is 12.0 Å². The lowest BCUT2D eigenvalue weighted by molar-refractivity contribution is 0.111. The van der Waals surface area contributed by atoms with Gasteiger partial charge in [0.25, 0.3) is 6.43 Å². The maximum absolute atomic E-state index is 12.0. The molecule has 1 heterocycles. The topological polar surface area (TPSA) is 70.2 Å². The van der Waals surface area contributed by atoms with Crippen LogP contribution in [0, 0.1) is 0 Å². The molecule has 0 aliphatic carbocycles. The second kappa shape index (κ2) is 3.34. The molecule has 6 heteroatoms. The molecule has 0 spiro atoms. The maximum atomic E-state index is 12.0. The third-order valence-corrected chi connectivity index (χ3v) is 1.47. The van der Waals surface area contributed by atoms with Gasteiger partial charge in [0.2, 0.25) is 5.43 Å². The lowest BCUT2D eigenvalue weighted by Crippen LogP contribution is -2.11. The van der Waals surface area contributed by atoms with Gasteiger partial charge >= 0.3 is 0 Å². The zero-order valence-corrected chi connectivity index (χ0v) is 6.25. The van der Waals surface area contributed by atoms with Gasteiger partial charge in [-0.05, 0) is 0 Å². The van der Waals surface area contributed by atoms with Crippen LogP contribution >= 0.6 is 0 Å². The Morgan fingerprint density at radius 3 is 2.62 bits per heavy atom. The molecule has 0 saturated heterocycles. The highest BCUT2D eigenvalue weighted by atomic mass is 19.3. The Balaban J connectivity index is 3.40. The summed E-state index contributed by atoms with van der Waals surface area (Å²) < 4.78 is 24.0. The minimum atomic E-state index is -2.98. The summed E-state index contributed by atoms with van der Waals surface area (Å²) in [6, 6.07) is 0. The highest BCUT2D eigenvalue weighted by Crippen LogP contribution is 2.16. The number of rotatable bonds is 2. The molecule has 0 unspecified atom stereocenters. The van der Waals surface area contributed by atoms with Crippen LogP contribution in [-0.2, 0) is 0 Å². The number of aldehydes is 1. The molecule has 0 bridgehead atoms. The summed E-state index contributed by atoms with van der Waals surface area (Å²) in [7, 11) is 0. The Kier molecular flexibility index (Phi) is 2.41. The van der Waals surface area contributed by atoms with Crippen LogP contribution < -0.4 is 5.43 Å². The van der Waals surface area contributed by atoms with Gasteiger partial charge in [-0.15, -0.1) is 0 Å². The van der Waals surface area contributed by atoms with Crippen LogP contribution in [0.1, 0.15) is 22.5 Å². The number of hydrogen-bond acceptors (Lipinski definition) is 3. The predicted molar refractivity (Wildman–Crippen MR) is 39.1 cm³/mol. The molecule has 1 rings (SSSR count). The standard InChI is InChI=1S/C7H5F2NO3/c8-7(9)3-1-10-4(2-11)6(13)5(3)12/h1-2,7,13H,(H,10,12). The summed E-state index contributed by atoms with van der Waals surface area (Å²) in [5.74, 6) is -0.979. The first kappa shape index (κ1) is 9.37. The fourth-order valence-corrected chi connectivity index (χ4v) is 0.800. The van der Waals surface area contributed by atoms with E-state index in [1.807, 2.05) is 0 Å². The molecular formula is C7H5F2NO3. The highest BCUT2D eigenvalue weighted by Gasteiger charge is 2.16. The van der Waals surface area contributed by atoms with E-state index in [-0.39, 0.29) is 6.29 Å². The van der Waals surface area contributed by atoms with E-state index in [0.29, 0.717) is 6.20 Å². The van der Waals surface area contributed by atoms with Crippen LogP contribution in [-0.4, -0.2) is 16.4 Å². The largest absolute Gasteiger partial charge is 0.503 e. The van der Waals surface area contributed by atoms with Crippen molar-refractivity contribution in [1.29, 1.82) is 0 Å². The molecule has 0 aliphatic heterocycles. The molecule has 2 N–H and O–H groups in total. The second-order valence-electron chi connectivity index (χ2n) is 2.25. The van der Waals surface area contributed by atoms with E-state index in [4.69, 9.17) is 5.11 Å². The molecule has 0 amide bonds. The van der Waals surface area contributed by atoms with Crippen LogP contribution in [0.25, 0.3) is 0 Å². The van der Waals surface area contributed by atoms with Gasteiger partial charge in [-0.3, -0.25) is 9.59 Å². The number of pyridine rings is 1. The molecule has 0 radical (unpaired) electrons. The van der Waals surface area contributed by atoms with Crippen LogP contribution in [0.5, 0.6) is 5.75 Å². The molecule has 0 aromatic carbocycles. The van der Waals surface area contributed by atoms with Crippen molar-refractivity contribution in [2.24, 2.45) is 0 Å². The van der Waals surface area contributed by atoms with Crippen molar-refractivity contribution >= 4 is 6.29 Å². The molecule has 1 aromatic rings. The number of H-pyrrole nitrogens is 1. The summed E-state index contributed by atoms with van der Waals surface area (Å²) in [6.07, 6.45) is -2.10. The van der Waals surface area contributed by atoms with Gasteiger partial charge in [0.05, 0.1) is 5.56 Å². The van der Waals surface area contributed by atoms with Crippen LogP contribution in [0.3, 0.4) is 0 Å². The SMILES string of the molecule is O=Cc1[nH]cc(C(F)F)c(=O)c1O. The molecule has 70 valence electrons. The van der Waals surface area contributed by atoms with E-state index in [1.165, 1.54) is 0 Å². The van der Waals surface area contributed by atoms with E-state index in [9.17, 15) is 18.4 Å². The van der Waals surface area contributed by atoms with Crippen molar-refractivity contribution in [1.82, 2.24) is 4.98 Å². The van der Waals surface area contributed by atoms with Crippen molar-refractivity contribution in [3.8, 4) is 5.75 Å². The average Bonchev–Trinajstić information content (AvgIpc) is 2.09. The predicted octanol–water partition coefficient (Wildman–Crippen LogP) is 0.831. The van der Waals surface area contributed by atoms with Gasteiger partial charge < -0.3 is 10.1 Å². The van der Waals surface area contributed by atoms with Gasteiger partial charge in [-0.2, -0.15) is 0 Å². The molecule has 0 saturated carbocycles.